The van der Waals surface area contributed by atoms with Gasteiger partial charge in [0.25, 0.3) is 0 Å². The van der Waals surface area contributed by atoms with Crippen LogP contribution in [0.3, 0.4) is 0 Å². The third-order valence-electron chi connectivity index (χ3n) is 6.07. The topological polar surface area (TPSA) is 134 Å². The highest BCUT2D eigenvalue weighted by atomic mass is 16.5. The first kappa shape index (κ1) is 22.0. The zero-order chi connectivity index (χ0) is 23.5. The number of nitrogens with two attached hydrogens (primary N) is 1. The van der Waals surface area contributed by atoms with Crippen LogP contribution in [-0.2, 0) is 17.7 Å². The van der Waals surface area contributed by atoms with Crippen molar-refractivity contribution in [1.82, 2.24) is 29.5 Å². The number of nitrogen functional groups attached to an aromatic ring is 1. The number of nitrogens with one attached hydrogen (secondary N) is 1. The normalized spacial score (nSPS) is 14.5. The number of aromatic nitrogens is 6. The number of aromatic amines is 1. The second-order valence-electron chi connectivity index (χ2n) is 8.56. The molecule has 10 nitrogen and oxygen atoms in total. The lowest BCUT2D eigenvalue weighted by Gasteiger charge is -2.21. The Balaban J connectivity index is 1.21. The molecule has 4 aromatic rings. The zero-order valence-electron chi connectivity index (χ0n) is 19.0. The van der Waals surface area contributed by atoms with Gasteiger partial charge in [0.1, 0.15) is 17.1 Å². The first-order chi connectivity index (χ1) is 16.5. The van der Waals surface area contributed by atoms with Crippen molar-refractivity contribution in [3.8, 4) is 11.6 Å². The lowest BCUT2D eigenvalue weighted by Crippen LogP contribution is -2.18. The fraction of sp³-hybridized carbons (Fsp3) is 0.375. The number of pyridine rings is 2. The van der Waals surface area contributed by atoms with Crippen molar-refractivity contribution >= 4 is 17.0 Å². The van der Waals surface area contributed by atoms with Crippen molar-refractivity contribution in [1.29, 1.82) is 0 Å². The van der Waals surface area contributed by atoms with Gasteiger partial charge >= 0.3 is 5.69 Å². The summed E-state index contributed by atoms with van der Waals surface area (Å²) in [6.45, 7) is 3.78. The number of aryl methyl sites for hydroxylation is 2. The molecule has 4 aromatic heterocycles. The lowest BCUT2D eigenvalue weighted by atomic mass is 9.94. The molecule has 176 valence electrons. The smallest absolute Gasteiger partial charge is 0.328 e. The Morgan fingerprint density at radius 3 is 2.74 bits per heavy atom. The van der Waals surface area contributed by atoms with E-state index in [0.29, 0.717) is 35.2 Å². The minimum absolute atomic E-state index is 0.253. The number of nitrogens with zero attached hydrogens (tertiary/aromatic N) is 5. The van der Waals surface area contributed by atoms with Gasteiger partial charge in [0.15, 0.2) is 11.5 Å². The summed E-state index contributed by atoms with van der Waals surface area (Å²) in [6.07, 6.45) is 7.78. The average Bonchev–Trinajstić information content (AvgIpc) is 3.16. The number of fused-ring (bicyclic) bond motifs is 1. The van der Waals surface area contributed by atoms with Gasteiger partial charge in [-0.1, -0.05) is 6.07 Å². The van der Waals surface area contributed by atoms with E-state index in [0.717, 1.165) is 56.1 Å². The highest BCUT2D eigenvalue weighted by molar-refractivity contribution is 5.81. The SMILES string of the molecule is Cc1nc(N)c2[nH]c(=O)n(Cc3ccc(Oc4ccc(CCC5CCOCC5)nc4)nc3)c2n1. The summed E-state index contributed by atoms with van der Waals surface area (Å²) in [6, 6.07) is 7.55. The summed E-state index contributed by atoms with van der Waals surface area (Å²) < 4.78 is 12.8. The summed E-state index contributed by atoms with van der Waals surface area (Å²) in [5, 5.41) is 0. The third kappa shape index (κ3) is 4.91. The van der Waals surface area contributed by atoms with Gasteiger partial charge in [-0.05, 0) is 56.2 Å². The second-order valence-corrected chi connectivity index (χ2v) is 8.56. The molecule has 10 heteroatoms. The highest BCUT2D eigenvalue weighted by Crippen LogP contribution is 2.23. The monoisotopic (exact) mass is 461 g/mol. The Morgan fingerprint density at radius 1 is 1.15 bits per heavy atom. The molecule has 1 fully saturated rings. The molecule has 1 aliphatic heterocycles. The van der Waals surface area contributed by atoms with Crippen LogP contribution in [0.25, 0.3) is 11.2 Å². The number of ether oxygens (including phenoxy) is 2. The first-order valence-corrected chi connectivity index (χ1v) is 11.4. The van der Waals surface area contributed by atoms with Gasteiger partial charge in [-0.15, -0.1) is 0 Å². The molecular formula is C24H27N7O3. The number of imidazole rings is 1. The van der Waals surface area contributed by atoms with Crippen molar-refractivity contribution in [2.24, 2.45) is 5.92 Å². The number of hydrogen-bond acceptors (Lipinski definition) is 8. The van der Waals surface area contributed by atoms with E-state index in [2.05, 4.69) is 24.9 Å². The molecule has 0 spiro atoms. The van der Waals surface area contributed by atoms with Gasteiger partial charge in [-0.25, -0.2) is 19.7 Å². The second kappa shape index (κ2) is 9.60. The molecule has 34 heavy (non-hydrogen) atoms. The molecule has 0 aromatic carbocycles. The highest BCUT2D eigenvalue weighted by Gasteiger charge is 2.15. The maximum atomic E-state index is 12.4. The molecule has 0 atom stereocenters. The molecule has 1 aliphatic rings. The van der Waals surface area contributed by atoms with E-state index >= 15 is 0 Å². The third-order valence-corrected chi connectivity index (χ3v) is 6.07. The number of rotatable bonds is 7. The average molecular weight is 462 g/mol. The van der Waals surface area contributed by atoms with Crippen LogP contribution in [0.5, 0.6) is 11.6 Å². The molecule has 0 saturated carbocycles. The van der Waals surface area contributed by atoms with Crippen molar-refractivity contribution < 1.29 is 9.47 Å². The fourth-order valence-electron chi connectivity index (χ4n) is 4.19. The summed E-state index contributed by atoms with van der Waals surface area (Å²) in [5.41, 5.74) is 8.41. The standard InChI is InChI=1S/C24H27N7O3/c1-15-28-22(25)21-23(29-15)31(24(32)30-21)14-17-3-7-20(27-12-17)34-19-6-5-18(26-13-19)4-2-16-8-10-33-11-9-16/h3,5-7,12-13,16H,2,4,8-11,14H2,1H3,(H,30,32)(H2,25,28,29). The molecular weight excluding hydrogens is 434 g/mol. The summed E-state index contributed by atoms with van der Waals surface area (Å²) in [4.78, 5) is 32.5. The van der Waals surface area contributed by atoms with E-state index in [-0.39, 0.29) is 11.5 Å². The first-order valence-electron chi connectivity index (χ1n) is 11.4. The predicted molar refractivity (Wildman–Crippen MR) is 127 cm³/mol. The van der Waals surface area contributed by atoms with Crippen molar-refractivity contribution in [2.45, 2.75) is 39.2 Å². The fourth-order valence-corrected chi connectivity index (χ4v) is 4.19. The van der Waals surface area contributed by atoms with Gasteiger partial charge in [0.2, 0.25) is 5.88 Å². The van der Waals surface area contributed by atoms with Crippen molar-refractivity contribution in [3.05, 3.63) is 64.2 Å². The van der Waals surface area contributed by atoms with E-state index < -0.39 is 0 Å². The maximum Gasteiger partial charge on any atom is 0.328 e. The van der Waals surface area contributed by atoms with E-state index in [9.17, 15) is 4.79 Å². The summed E-state index contributed by atoms with van der Waals surface area (Å²) in [5.74, 6) is 2.56. The molecule has 0 bridgehead atoms. The quantitative estimate of drug-likeness (QED) is 0.429. The van der Waals surface area contributed by atoms with Crippen LogP contribution in [0.2, 0.25) is 0 Å². The van der Waals surface area contributed by atoms with Crippen LogP contribution in [0.15, 0.2) is 41.5 Å². The minimum Gasteiger partial charge on any atom is -0.437 e. The molecule has 1 saturated heterocycles. The molecule has 0 unspecified atom stereocenters. The van der Waals surface area contributed by atoms with E-state index in [1.807, 2.05) is 18.2 Å². The lowest BCUT2D eigenvalue weighted by molar-refractivity contribution is 0.0639. The van der Waals surface area contributed by atoms with Gasteiger partial charge in [-0.2, -0.15) is 0 Å². The van der Waals surface area contributed by atoms with Gasteiger partial charge in [-0.3, -0.25) is 9.55 Å². The van der Waals surface area contributed by atoms with Crippen molar-refractivity contribution in [2.75, 3.05) is 18.9 Å². The van der Waals surface area contributed by atoms with E-state index in [1.54, 1.807) is 25.4 Å². The zero-order valence-corrected chi connectivity index (χ0v) is 19.0. The number of anilines is 1. The van der Waals surface area contributed by atoms with Crippen LogP contribution in [0.4, 0.5) is 5.82 Å². The van der Waals surface area contributed by atoms with Crippen LogP contribution < -0.4 is 16.2 Å². The Bertz CT molecular complexity index is 1320. The van der Waals surface area contributed by atoms with Gasteiger partial charge in [0.05, 0.1) is 12.7 Å². The minimum atomic E-state index is -0.301. The summed E-state index contributed by atoms with van der Waals surface area (Å²) in [7, 11) is 0. The Kier molecular flexibility index (Phi) is 6.22. The Labute approximate surface area is 196 Å². The van der Waals surface area contributed by atoms with E-state index in [4.69, 9.17) is 15.2 Å². The van der Waals surface area contributed by atoms with Gasteiger partial charge in [0, 0.05) is 31.2 Å². The summed E-state index contributed by atoms with van der Waals surface area (Å²) >= 11 is 0. The Morgan fingerprint density at radius 2 is 2.00 bits per heavy atom. The molecule has 5 rings (SSSR count). The molecule has 0 aliphatic carbocycles. The van der Waals surface area contributed by atoms with Crippen LogP contribution in [0.1, 0.15) is 36.3 Å². The molecule has 0 radical (unpaired) electrons. The largest absolute Gasteiger partial charge is 0.437 e. The van der Waals surface area contributed by atoms with Crippen LogP contribution >= 0.6 is 0 Å². The predicted octanol–water partition coefficient (Wildman–Crippen LogP) is 3.00. The van der Waals surface area contributed by atoms with Crippen LogP contribution in [0, 0.1) is 12.8 Å². The van der Waals surface area contributed by atoms with Gasteiger partial charge < -0.3 is 20.2 Å². The molecule has 0 amide bonds. The van der Waals surface area contributed by atoms with Crippen LogP contribution in [-0.4, -0.2) is 42.7 Å². The van der Waals surface area contributed by atoms with E-state index in [1.165, 1.54) is 4.57 Å². The Hall–Kier alpha value is -3.79. The maximum absolute atomic E-state index is 12.4. The van der Waals surface area contributed by atoms with Crippen molar-refractivity contribution in [3.63, 3.8) is 0 Å². The molecule has 3 N–H and O–H groups in total. The number of H-pyrrole nitrogens is 1. The number of hydrogen-bond donors (Lipinski definition) is 2. The molecule has 5 heterocycles.